The Morgan fingerprint density at radius 1 is 1.23 bits per heavy atom. The van der Waals surface area contributed by atoms with Crippen LogP contribution in [0, 0.1) is 5.92 Å². The maximum Gasteiger partial charge on any atom is 0.262 e. The zero-order valence-electron chi connectivity index (χ0n) is 16.8. The van der Waals surface area contributed by atoms with E-state index in [2.05, 4.69) is 17.2 Å². The maximum atomic E-state index is 12.9. The topological polar surface area (TPSA) is 95.6 Å². The lowest BCUT2D eigenvalue weighted by atomic mass is 9.89. The predicted octanol–water partition coefficient (Wildman–Crippen LogP) is 2.90. The van der Waals surface area contributed by atoms with Gasteiger partial charge in [-0.25, -0.2) is 8.42 Å². The van der Waals surface area contributed by atoms with Gasteiger partial charge in [-0.2, -0.15) is 4.31 Å². The molecule has 10 heteroatoms. The van der Waals surface area contributed by atoms with Crippen LogP contribution in [0.15, 0.2) is 59.3 Å². The van der Waals surface area contributed by atoms with Crippen LogP contribution in [-0.2, 0) is 14.8 Å². The molecule has 0 radical (unpaired) electrons. The lowest BCUT2D eigenvalue weighted by molar-refractivity contribution is -0.124. The molecule has 0 spiro atoms. The number of piperidine rings is 1. The van der Waals surface area contributed by atoms with Crippen molar-refractivity contribution in [2.45, 2.75) is 23.8 Å². The van der Waals surface area contributed by atoms with Crippen LogP contribution >= 0.6 is 22.9 Å². The summed E-state index contributed by atoms with van der Waals surface area (Å²) in [7, 11) is -3.65. The highest BCUT2D eigenvalue weighted by molar-refractivity contribution is 7.89. The van der Waals surface area contributed by atoms with E-state index in [1.807, 2.05) is 0 Å². The molecule has 31 heavy (non-hydrogen) atoms. The standard InChI is InChI=1S/C21H24ClN3O4S2/c1-2-11-23-21(27)19(24-20(26)18-4-3-14-30-18)15-9-12-25(13-10-15)31(28,29)17-7-5-16(22)6-8-17/h2-8,14-15,19H,1,9-13H2,(H,23,27)(H,24,26)/t19-/m1/s1. The van der Waals surface area contributed by atoms with Gasteiger partial charge in [0.1, 0.15) is 6.04 Å². The van der Waals surface area contributed by atoms with Crippen molar-refractivity contribution >= 4 is 44.8 Å². The largest absolute Gasteiger partial charge is 0.351 e. The van der Waals surface area contributed by atoms with Crippen LogP contribution in [0.1, 0.15) is 22.5 Å². The van der Waals surface area contributed by atoms with Crippen molar-refractivity contribution in [3.8, 4) is 0 Å². The second-order valence-corrected chi connectivity index (χ2v) is 10.5. The fourth-order valence-electron chi connectivity index (χ4n) is 3.51. The number of hydrogen-bond acceptors (Lipinski definition) is 5. The molecule has 2 aromatic rings. The van der Waals surface area contributed by atoms with Gasteiger partial charge in [-0.3, -0.25) is 9.59 Å². The van der Waals surface area contributed by atoms with Gasteiger partial charge in [0.05, 0.1) is 9.77 Å². The lowest BCUT2D eigenvalue weighted by Crippen LogP contribution is -2.53. The molecule has 3 rings (SSSR count). The van der Waals surface area contributed by atoms with E-state index in [1.54, 1.807) is 35.7 Å². The summed E-state index contributed by atoms with van der Waals surface area (Å²) in [5.41, 5.74) is 0. The molecule has 1 fully saturated rings. The summed E-state index contributed by atoms with van der Waals surface area (Å²) in [6.45, 7) is 4.40. The van der Waals surface area contributed by atoms with Gasteiger partial charge in [0.2, 0.25) is 15.9 Å². The summed E-state index contributed by atoms with van der Waals surface area (Å²) >= 11 is 7.15. The first kappa shape index (κ1) is 23.5. The number of nitrogens with zero attached hydrogens (tertiary/aromatic N) is 1. The highest BCUT2D eigenvalue weighted by Gasteiger charge is 2.36. The number of sulfonamides is 1. The number of thiophene rings is 1. The summed E-state index contributed by atoms with van der Waals surface area (Å²) < 4.78 is 27.2. The minimum absolute atomic E-state index is 0.182. The number of rotatable bonds is 8. The molecule has 0 saturated carbocycles. The summed E-state index contributed by atoms with van der Waals surface area (Å²) in [5.74, 6) is -0.806. The van der Waals surface area contributed by atoms with Crippen LogP contribution in [0.5, 0.6) is 0 Å². The zero-order chi connectivity index (χ0) is 22.4. The second kappa shape index (κ2) is 10.4. The number of carbonyl (C=O) groups is 2. The van der Waals surface area contributed by atoms with Crippen LogP contribution in [0.4, 0.5) is 0 Å². The van der Waals surface area contributed by atoms with Crippen LogP contribution < -0.4 is 10.6 Å². The Labute approximate surface area is 191 Å². The van der Waals surface area contributed by atoms with Crippen molar-refractivity contribution in [2.75, 3.05) is 19.6 Å². The molecular weight excluding hydrogens is 458 g/mol. The Kier molecular flexibility index (Phi) is 7.88. The van der Waals surface area contributed by atoms with Crippen LogP contribution in [0.2, 0.25) is 5.02 Å². The van der Waals surface area contributed by atoms with Crippen LogP contribution in [-0.4, -0.2) is 50.2 Å². The number of benzene rings is 1. The minimum Gasteiger partial charge on any atom is -0.351 e. The summed E-state index contributed by atoms with van der Waals surface area (Å²) in [5, 5.41) is 7.83. The Morgan fingerprint density at radius 2 is 1.90 bits per heavy atom. The van der Waals surface area contributed by atoms with Crippen molar-refractivity contribution in [1.82, 2.24) is 14.9 Å². The van der Waals surface area contributed by atoms with Gasteiger partial charge in [0.15, 0.2) is 0 Å². The monoisotopic (exact) mass is 481 g/mol. The smallest absolute Gasteiger partial charge is 0.262 e. The summed E-state index contributed by atoms with van der Waals surface area (Å²) in [6, 6.07) is 8.76. The summed E-state index contributed by atoms with van der Waals surface area (Å²) in [6.07, 6.45) is 2.46. The van der Waals surface area contributed by atoms with E-state index >= 15 is 0 Å². The number of amides is 2. The molecule has 1 saturated heterocycles. The van der Waals surface area contributed by atoms with E-state index < -0.39 is 16.1 Å². The fraction of sp³-hybridized carbons (Fsp3) is 0.333. The minimum atomic E-state index is -3.65. The molecule has 7 nitrogen and oxygen atoms in total. The van der Waals surface area contributed by atoms with Gasteiger partial charge in [0, 0.05) is 24.7 Å². The average molecular weight is 482 g/mol. The van der Waals surface area contributed by atoms with Crippen molar-refractivity contribution in [3.63, 3.8) is 0 Å². The van der Waals surface area contributed by atoms with Gasteiger partial charge in [-0.1, -0.05) is 23.7 Å². The fourth-order valence-corrected chi connectivity index (χ4v) is 5.73. The maximum absolute atomic E-state index is 12.9. The molecule has 0 bridgehead atoms. The number of nitrogens with one attached hydrogen (secondary N) is 2. The van der Waals surface area contributed by atoms with E-state index in [4.69, 9.17) is 11.6 Å². The first-order valence-corrected chi connectivity index (χ1v) is 12.5. The highest BCUT2D eigenvalue weighted by atomic mass is 35.5. The van der Waals surface area contributed by atoms with Crippen molar-refractivity contribution in [2.24, 2.45) is 5.92 Å². The Bertz CT molecular complexity index is 1020. The van der Waals surface area contributed by atoms with Crippen molar-refractivity contribution in [1.29, 1.82) is 0 Å². The van der Waals surface area contributed by atoms with Gasteiger partial charge in [0.25, 0.3) is 5.91 Å². The van der Waals surface area contributed by atoms with E-state index in [0.29, 0.717) is 22.7 Å². The third kappa shape index (κ3) is 5.74. The third-order valence-corrected chi connectivity index (χ3v) is 8.19. The lowest BCUT2D eigenvalue weighted by Gasteiger charge is -2.35. The van der Waals surface area contributed by atoms with E-state index in [-0.39, 0.29) is 42.3 Å². The van der Waals surface area contributed by atoms with Crippen LogP contribution in [0.25, 0.3) is 0 Å². The number of halogens is 1. The Hall–Kier alpha value is -2.20. The molecule has 1 aromatic heterocycles. The van der Waals surface area contributed by atoms with E-state index in [1.165, 1.54) is 27.8 Å². The highest BCUT2D eigenvalue weighted by Crippen LogP contribution is 2.27. The normalized spacial score (nSPS) is 16.4. The predicted molar refractivity (Wildman–Crippen MR) is 122 cm³/mol. The van der Waals surface area contributed by atoms with Gasteiger partial charge in [-0.05, 0) is 54.5 Å². The molecular formula is C21H24ClN3O4S2. The zero-order valence-corrected chi connectivity index (χ0v) is 19.2. The van der Waals surface area contributed by atoms with Gasteiger partial charge in [-0.15, -0.1) is 17.9 Å². The molecule has 1 aromatic carbocycles. The molecule has 1 atom stereocenters. The Morgan fingerprint density at radius 3 is 2.48 bits per heavy atom. The average Bonchev–Trinajstić information content (AvgIpc) is 3.31. The molecule has 2 heterocycles. The first-order valence-electron chi connectivity index (χ1n) is 9.81. The second-order valence-electron chi connectivity index (χ2n) is 7.16. The molecule has 166 valence electrons. The molecule has 0 unspecified atom stereocenters. The quantitative estimate of drug-likeness (QED) is 0.567. The Balaban J connectivity index is 1.70. The first-order chi connectivity index (χ1) is 14.8. The molecule has 1 aliphatic heterocycles. The van der Waals surface area contributed by atoms with Gasteiger partial charge >= 0.3 is 0 Å². The molecule has 2 amide bonds. The van der Waals surface area contributed by atoms with Gasteiger partial charge < -0.3 is 10.6 Å². The molecule has 0 aliphatic carbocycles. The third-order valence-electron chi connectivity index (χ3n) is 5.16. The van der Waals surface area contributed by atoms with Crippen molar-refractivity contribution < 1.29 is 18.0 Å². The molecule has 2 N–H and O–H groups in total. The number of carbonyl (C=O) groups excluding carboxylic acids is 2. The SMILES string of the molecule is C=CCNC(=O)[C@H](NC(=O)c1cccs1)C1CCN(S(=O)(=O)c2ccc(Cl)cc2)CC1. The van der Waals surface area contributed by atoms with E-state index in [0.717, 1.165) is 0 Å². The summed E-state index contributed by atoms with van der Waals surface area (Å²) in [4.78, 5) is 26.0. The molecule has 1 aliphatic rings. The number of hydrogen-bond donors (Lipinski definition) is 2. The van der Waals surface area contributed by atoms with Crippen LogP contribution in [0.3, 0.4) is 0 Å². The van der Waals surface area contributed by atoms with Crippen molar-refractivity contribution in [3.05, 3.63) is 64.3 Å². The van der Waals surface area contributed by atoms with E-state index in [9.17, 15) is 18.0 Å².